The van der Waals surface area contributed by atoms with Crippen LogP contribution in [0.3, 0.4) is 0 Å². The van der Waals surface area contributed by atoms with Crippen LogP contribution >= 0.6 is 0 Å². The minimum Gasteiger partial charge on any atom is -0.392 e. The van der Waals surface area contributed by atoms with Crippen molar-refractivity contribution in [3.05, 3.63) is 82.4 Å². The van der Waals surface area contributed by atoms with Gasteiger partial charge in [-0.1, -0.05) is 60.2 Å². The lowest BCUT2D eigenvalue weighted by Gasteiger charge is -2.17. The number of fused-ring (bicyclic) bond motifs is 2. The predicted octanol–water partition coefficient (Wildman–Crippen LogP) is 3.77. The van der Waals surface area contributed by atoms with Crippen LogP contribution in [0.15, 0.2) is 54.6 Å². The highest BCUT2D eigenvalue weighted by Gasteiger charge is 2.21. The predicted molar refractivity (Wildman–Crippen MR) is 83.1 cm³/mol. The fourth-order valence-corrected chi connectivity index (χ4v) is 3.14. The number of aliphatic hydroxyl groups excluding tert-OH is 1. The minimum atomic E-state index is 0.0970. The molecule has 1 unspecified atom stereocenters. The fraction of sp³-hybridized carbons (Fsp3) is 0.263. The molecule has 20 heavy (non-hydrogen) atoms. The summed E-state index contributed by atoms with van der Waals surface area (Å²) < 4.78 is 0. The van der Waals surface area contributed by atoms with Crippen LogP contribution in [0.5, 0.6) is 0 Å². The van der Waals surface area contributed by atoms with E-state index in [4.69, 9.17) is 5.11 Å². The molecular weight excluding hydrogens is 244 g/mol. The van der Waals surface area contributed by atoms with Crippen molar-refractivity contribution >= 4 is 0 Å². The molecule has 0 aromatic heterocycles. The van der Waals surface area contributed by atoms with Crippen molar-refractivity contribution in [2.24, 2.45) is 0 Å². The standard InChI is InChI=1S/C19H20O/c1-14-8-9-16-11-10-15-5-2-3-6-17(15)18(7-4-12-20)19(16)13-14/h2-9,13,18,20H,10-12H2,1H3/b7-4-. The topological polar surface area (TPSA) is 20.2 Å². The summed E-state index contributed by atoms with van der Waals surface area (Å²) in [6.07, 6.45) is 6.19. The van der Waals surface area contributed by atoms with Crippen LogP contribution in [0, 0.1) is 6.92 Å². The molecule has 0 spiro atoms. The first kappa shape index (κ1) is 13.1. The zero-order valence-corrected chi connectivity index (χ0v) is 11.8. The fourth-order valence-electron chi connectivity index (χ4n) is 3.14. The van der Waals surface area contributed by atoms with E-state index in [2.05, 4.69) is 55.5 Å². The first-order valence-electron chi connectivity index (χ1n) is 7.24. The van der Waals surface area contributed by atoms with Crippen LogP contribution in [0.25, 0.3) is 0 Å². The molecule has 1 heteroatoms. The SMILES string of the molecule is Cc1ccc2c(c1)C(/C=C\CO)c1ccccc1CC2. The summed E-state index contributed by atoms with van der Waals surface area (Å²) in [4.78, 5) is 0. The summed E-state index contributed by atoms with van der Waals surface area (Å²) in [6.45, 7) is 2.24. The summed E-state index contributed by atoms with van der Waals surface area (Å²) in [5, 5.41) is 9.13. The first-order valence-corrected chi connectivity index (χ1v) is 7.24. The van der Waals surface area contributed by atoms with Crippen LogP contribution < -0.4 is 0 Å². The third-order valence-corrected chi connectivity index (χ3v) is 4.12. The Kier molecular flexibility index (Phi) is 3.70. The van der Waals surface area contributed by atoms with E-state index in [-0.39, 0.29) is 12.5 Å². The van der Waals surface area contributed by atoms with Crippen molar-refractivity contribution in [2.45, 2.75) is 25.7 Å². The molecule has 1 aliphatic carbocycles. The monoisotopic (exact) mass is 264 g/mol. The van der Waals surface area contributed by atoms with Gasteiger partial charge < -0.3 is 5.11 Å². The summed E-state index contributed by atoms with van der Waals surface area (Å²) >= 11 is 0. The molecule has 0 aliphatic heterocycles. The molecule has 102 valence electrons. The lowest BCUT2D eigenvalue weighted by molar-refractivity contribution is 0.342. The third kappa shape index (κ3) is 2.41. The summed E-state index contributed by atoms with van der Waals surface area (Å²) in [5.41, 5.74) is 6.92. The molecule has 0 saturated carbocycles. The number of aryl methyl sites for hydroxylation is 3. The van der Waals surface area contributed by atoms with Crippen LogP contribution in [0.2, 0.25) is 0 Å². The molecule has 0 amide bonds. The summed E-state index contributed by atoms with van der Waals surface area (Å²) in [6, 6.07) is 15.4. The van der Waals surface area contributed by atoms with Crippen molar-refractivity contribution < 1.29 is 5.11 Å². The Balaban J connectivity index is 2.18. The Hall–Kier alpha value is -1.86. The van der Waals surface area contributed by atoms with Gasteiger partial charge in [-0.25, -0.2) is 0 Å². The summed E-state index contributed by atoms with van der Waals surface area (Å²) in [5.74, 6) is 0.260. The van der Waals surface area contributed by atoms with E-state index in [1.165, 1.54) is 27.8 Å². The highest BCUT2D eigenvalue weighted by molar-refractivity contribution is 5.48. The molecule has 0 heterocycles. The molecule has 0 radical (unpaired) electrons. The van der Waals surface area contributed by atoms with Crippen LogP contribution in [0.4, 0.5) is 0 Å². The van der Waals surface area contributed by atoms with E-state index in [1.807, 2.05) is 6.08 Å². The lowest BCUT2D eigenvalue weighted by Crippen LogP contribution is -2.01. The van der Waals surface area contributed by atoms with Gasteiger partial charge in [-0.15, -0.1) is 0 Å². The highest BCUT2D eigenvalue weighted by Crippen LogP contribution is 2.35. The second kappa shape index (κ2) is 5.64. The largest absolute Gasteiger partial charge is 0.392 e. The van der Waals surface area contributed by atoms with Crippen LogP contribution in [0.1, 0.15) is 33.7 Å². The minimum absolute atomic E-state index is 0.0970. The molecule has 0 saturated heterocycles. The molecule has 0 fully saturated rings. The molecule has 1 N–H and O–H groups in total. The maximum atomic E-state index is 9.13. The van der Waals surface area contributed by atoms with E-state index in [9.17, 15) is 0 Å². The van der Waals surface area contributed by atoms with E-state index in [0.29, 0.717) is 0 Å². The second-order valence-corrected chi connectivity index (χ2v) is 5.49. The Labute approximate surface area is 120 Å². The zero-order valence-electron chi connectivity index (χ0n) is 11.8. The van der Waals surface area contributed by atoms with Crippen molar-refractivity contribution in [3.63, 3.8) is 0 Å². The molecule has 1 atom stereocenters. The molecule has 1 aliphatic rings. The zero-order chi connectivity index (χ0) is 13.9. The van der Waals surface area contributed by atoms with E-state index in [0.717, 1.165) is 12.8 Å². The third-order valence-electron chi connectivity index (χ3n) is 4.12. The molecule has 3 rings (SSSR count). The van der Waals surface area contributed by atoms with E-state index >= 15 is 0 Å². The van der Waals surface area contributed by atoms with E-state index < -0.39 is 0 Å². The van der Waals surface area contributed by atoms with Gasteiger partial charge in [0.2, 0.25) is 0 Å². The Morgan fingerprint density at radius 3 is 2.60 bits per heavy atom. The number of allylic oxidation sites excluding steroid dienone is 1. The Bertz CT molecular complexity index is 640. The quantitative estimate of drug-likeness (QED) is 0.819. The van der Waals surface area contributed by atoms with E-state index in [1.54, 1.807) is 0 Å². The average Bonchev–Trinajstić information content (AvgIpc) is 2.62. The number of aliphatic hydroxyl groups is 1. The van der Waals surface area contributed by atoms with Crippen molar-refractivity contribution in [3.8, 4) is 0 Å². The van der Waals surface area contributed by atoms with Crippen molar-refractivity contribution in [1.29, 1.82) is 0 Å². The van der Waals surface area contributed by atoms with Crippen LogP contribution in [-0.4, -0.2) is 11.7 Å². The van der Waals surface area contributed by atoms with Crippen LogP contribution in [-0.2, 0) is 12.8 Å². The average molecular weight is 264 g/mol. The Morgan fingerprint density at radius 2 is 1.80 bits per heavy atom. The number of benzene rings is 2. The highest BCUT2D eigenvalue weighted by atomic mass is 16.2. The lowest BCUT2D eigenvalue weighted by atomic mass is 9.87. The van der Waals surface area contributed by atoms with Gasteiger partial charge in [0.1, 0.15) is 0 Å². The maximum Gasteiger partial charge on any atom is 0.0612 e. The molecule has 2 aromatic carbocycles. The van der Waals surface area contributed by atoms with Gasteiger partial charge in [0, 0.05) is 5.92 Å². The van der Waals surface area contributed by atoms with Gasteiger partial charge in [0.25, 0.3) is 0 Å². The van der Waals surface area contributed by atoms with Gasteiger partial charge in [-0.2, -0.15) is 0 Å². The van der Waals surface area contributed by atoms with Gasteiger partial charge in [0.15, 0.2) is 0 Å². The number of rotatable bonds is 2. The molecule has 1 nitrogen and oxygen atoms in total. The molecular formula is C19H20O. The first-order chi connectivity index (χ1) is 9.79. The number of hydrogen-bond donors (Lipinski definition) is 1. The second-order valence-electron chi connectivity index (χ2n) is 5.49. The Morgan fingerprint density at radius 1 is 1.05 bits per heavy atom. The van der Waals surface area contributed by atoms with Gasteiger partial charge in [0.05, 0.1) is 6.61 Å². The van der Waals surface area contributed by atoms with Crippen molar-refractivity contribution in [2.75, 3.05) is 6.61 Å². The van der Waals surface area contributed by atoms with Gasteiger partial charge >= 0.3 is 0 Å². The molecule has 0 bridgehead atoms. The van der Waals surface area contributed by atoms with Crippen molar-refractivity contribution in [1.82, 2.24) is 0 Å². The normalized spacial score (nSPS) is 17.6. The smallest absolute Gasteiger partial charge is 0.0612 e. The molecule has 2 aromatic rings. The maximum absolute atomic E-state index is 9.13. The van der Waals surface area contributed by atoms with Gasteiger partial charge in [-0.3, -0.25) is 0 Å². The number of hydrogen-bond acceptors (Lipinski definition) is 1. The summed E-state index contributed by atoms with van der Waals surface area (Å²) in [7, 11) is 0. The van der Waals surface area contributed by atoms with Gasteiger partial charge in [-0.05, 0) is 42.0 Å².